The summed E-state index contributed by atoms with van der Waals surface area (Å²) in [5.41, 5.74) is 1.19. The second-order valence-electron chi connectivity index (χ2n) is 5.56. The Morgan fingerprint density at radius 3 is 2.46 bits per heavy atom. The molecular formula is C20H16FNO4. The van der Waals surface area contributed by atoms with Crippen LogP contribution in [0.5, 0.6) is 5.75 Å². The Bertz CT molecular complexity index is 936. The van der Waals surface area contributed by atoms with Gasteiger partial charge in [-0.25, -0.2) is 4.39 Å². The van der Waals surface area contributed by atoms with Gasteiger partial charge in [0.15, 0.2) is 5.76 Å². The zero-order chi connectivity index (χ0) is 18.4. The van der Waals surface area contributed by atoms with Gasteiger partial charge >= 0.3 is 0 Å². The molecule has 0 aliphatic rings. The van der Waals surface area contributed by atoms with Crippen molar-refractivity contribution in [3.05, 3.63) is 99.9 Å². The van der Waals surface area contributed by atoms with Crippen molar-refractivity contribution in [3.8, 4) is 5.75 Å². The first-order valence-electron chi connectivity index (χ1n) is 7.94. The molecule has 5 nitrogen and oxygen atoms in total. The molecule has 1 aromatic heterocycles. The van der Waals surface area contributed by atoms with Crippen LogP contribution in [0.3, 0.4) is 0 Å². The van der Waals surface area contributed by atoms with Crippen LogP contribution in [0.1, 0.15) is 21.7 Å². The Kier molecular flexibility index (Phi) is 5.43. The molecule has 1 amide bonds. The fraction of sp³-hybridized carbons (Fsp3) is 0.100. The minimum absolute atomic E-state index is 0.0314. The number of halogens is 1. The predicted octanol–water partition coefficient (Wildman–Crippen LogP) is 3.29. The van der Waals surface area contributed by atoms with Crippen LogP contribution >= 0.6 is 0 Å². The van der Waals surface area contributed by atoms with Crippen molar-refractivity contribution in [1.29, 1.82) is 0 Å². The quantitative estimate of drug-likeness (QED) is 0.738. The SMILES string of the molecule is O=C(NCc1ccc(F)cc1)c1cc(=O)c(OCc2ccccc2)co1. The molecule has 0 aliphatic carbocycles. The molecule has 132 valence electrons. The highest BCUT2D eigenvalue weighted by Gasteiger charge is 2.12. The molecule has 3 rings (SSSR count). The van der Waals surface area contributed by atoms with Crippen molar-refractivity contribution >= 4 is 5.91 Å². The first kappa shape index (κ1) is 17.4. The smallest absolute Gasteiger partial charge is 0.287 e. The molecule has 1 N–H and O–H groups in total. The number of amides is 1. The maximum absolute atomic E-state index is 12.9. The summed E-state index contributed by atoms with van der Waals surface area (Å²) in [5.74, 6) is -0.980. The summed E-state index contributed by atoms with van der Waals surface area (Å²) in [5, 5.41) is 2.60. The maximum Gasteiger partial charge on any atom is 0.287 e. The summed E-state index contributed by atoms with van der Waals surface area (Å²) in [6.07, 6.45) is 1.12. The van der Waals surface area contributed by atoms with Crippen molar-refractivity contribution in [2.24, 2.45) is 0 Å². The highest BCUT2D eigenvalue weighted by atomic mass is 19.1. The van der Waals surface area contributed by atoms with Crippen LogP contribution in [0, 0.1) is 5.82 Å². The largest absolute Gasteiger partial charge is 0.482 e. The Hall–Kier alpha value is -3.41. The van der Waals surface area contributed by atoms with Gasteiger partial charge in [0.1, 0.15) is 18.7 Å². The van der Waals surface area contributed by atoms with Gasteiger partial charge in [-0.05, 0) is 23.3 Å². The van der Waals surface area contributed by atoms with Gasteiger partial charge in [0.05, 0.1) is 0 Å². The van der Waals surface area contributed by atoms with Gasteiger partial charge in [-0.15, -0.1) is 0 Å². The third kappa shape index (κ3) is 4.57. The first-order chi connectivity index (χ1) is 12.6. The molecular weight excluding hydrogens is 337 g/mol. The Morgan fingerprint density at radius 1 is 1.04 bits per heavy atom. The van der Waals surface area contributed by atoms with Crippen molar-refractivity contribution in [2.75, 3.05) is 0 Å². The molecule has 0 aliphatic heterocycles. The van der Waals surface area contributed by atoms with Crippen LogP contribution in [0.15, 0.2) is 76.1 Å². The van der Waals surface area contributed by atoms with Gasteiger partial charge in [-0.2, -0.15) is 0 Å². The second-order valence-corrected chi connectivity index (χ2v) is 5.56. The molecule has 1 heterocycles. The minimum Gasteiger partial charge on any atom is -0.482 e. The third-order valence-electron chi connectivity index (χ3n) is 3.63. The Labute approximate surface area is 149 Å². The van der Waals surface area contributed by atoms with Crippen molar-refractivity contribution in [1.82, 2.24) is 5.32 Å². The summed E-state index contributed by atoms with van der Waals surface area (Å²) in [7, 11) is 0. The number of hydrogen-bond acceptors (Lipinski definition) is 4. The van der Waals surface area contributed by atoms with E-state index in [9.17, 15) is 14.0 Å². The summed E-state index contributed by atoms with van der Waals surface area (Å²) in [6.45, 7) is 0.413. The number of rotatable bonds is 6. The van der Waals surface area contributed by atoms with Crippen LogP contribution < -0.4 is 15.5 Å². The van der Waals surface area contributed by atoms with E-state index in [4.69, 9.17) is 9.15 Å². The zero-order valence-electron chi connectivity index (χ0n) is 13.8. The van der Waals surface area contributed by atoms with Crippen LogP contribution in [0.4, 0.5) is 4.39 Å². The van der Waals surface area contributed by atoms with E-state index in [2.05, 4.69) is 5.32 Å². The Balaban J connectivity index is 1.60. The van der Waals surface area contributed by atoms with E-state index in [0.717, 1.165) is 23.5 Å². The van der Waals surface area contributed by atoms with Crippen LogP contribution in [-0.4, -0.2) is 5.91 Å². The molecule has 0 bridgehead atoms. The van der Waals surface area contributed by atoms with E-state index in [1.165, 1.54) is 12.1 Å². The molecule has 3 aromatic rings. The highest BCUT2D eigenvalue weighted by Crippen LogP contribution is 2.10. The molecule has 0 atom stereocenters. The molecule has 0 saturated carbocycles. The summed E-state index contributed by atoms with van der Waals surface area (Å²) in [6, 6.07) is 16.2. The number of ether oxygens (including phenoxy) is 1. The second kappa shape index (κ2) is 8.11. The maximum atomic E-state index is 12.9. The van der Waals surface area contributed by atoms with Crippen molar-refractivity contribution in [3.63, 3.8) is 0 Å². The monoisotopic (exact) mass is 353 g/mol. The molecule has 2 aromatic carbocycles. The number of carbonyl (C=O) groups excluding carboxylic acids is 1. The van der Waals surface area contributed by atoms with E-state index in [1.807, 2.05) is 30.3 Å². The first-order valence-corrected chi connectivity index (χ1v) is 7.94. The van der Waals surface area contributed by atoms with E-state index < -0.39 is 11.3 Å². The molecule has 0 fully saturated rings. The predicted molar refractivity (Wildman–Crippen MR) is 93.3 cm³/mol. The minimum atomic E-state index is -0.541. The fourth-order valence-electron chi connectivity index (χ4n) is 2.23. The van der Waals surface area contributed by atoms with E-state index in [1.54, 1.807) is 12.1 Å². The lowest BCUT2D eigenvalue weighted by Gasteiger charge is -2.07. The standard InChI is InChI=1S/C20H16FNO4/c21-16-8-6-14(7-9-16)11-22-20(24)18-10-17(23)19(13-26-18)25-12-15-4-2-1-3-5-15/h1-10,13H,11-12H2,(H,22,24). The van der Waals surface area contributed by atoms with Gasteiger partial charge in [0, 0.05) is 12.6 Å². The summed E-state index contributed by atoms with van der Waals surface area (Å²) in [4.78, 5) is 24.1. The summed E-state index contributed by atoms with van der Waals surface area (Å²) < 4.78 is 23.5. The van der Waals surface area contributed by atoms with Gasteiger partial charge in [-0.1, -0.05) is 42.5 Å². The number of carbonyl (C=O) groups is 1. The lowest BCUT2D eigenvalue weighted by atomic mass is 10.2. The average molecular weight is 353 g/mol. The number of nitrogens with one attached hydrogen (secondary N) is 1. The van der Waals surface area contributed by atoms with Crippen LogP contribution in [-0.2, 0) is 13.2 Å². The number of benzene rings is 2. The Morgan fingerprint density at radius 2 is 1.77 bits per heavy atom. The van der Waals surface area contributed by atoms with E-state index >= 15 is 0 Å². The molecule has 0 unspecified atom stereocenters. The van der Waals surface area contributed by atoms with Gasteiger partial charge in [0.2, 0.25) is 11.2 Å². The molecule has 0 radical (unpaired) electrons. The lowest BCUT2D eigenvalue weighted by molar-refractivity contribution is 0.0919. The van der Waals surface area contributed by atoms with E-state index in [-0.39, 0.29) is 30.5 Å². The van der Waals surface area contributed by atoms with E-state index in [0.29, 0.717) is 0 Å². The van der Waals surface area contributed by atoms with Crippen LogP contribution in [0.25, 0.3) is 0 Å². The van der Waals surface area contributed by atoms with Gasteiger partial charge in [0.25, 0.3) is 5.91 Å². The topological polar surface area (TPSA) is 68.5 Å². The third-order valence-corrected chi connectivity index (χ3v) is 3.63. The fourth-order valence-corrected chi connectivity index (χ4v) is 2.23. The molecule has 0 saturated heterocycles. The zero-order valence-corrected chi connectivity index (χ0v) is 13.8. The van der Waals surface area contributed by atoms with Gasteiger partial charge < -0.3 is 14.5 Å². The van der Waals surface area contributed by atoms with Crippen LogP contribution in [0.2, 0.25) is 0 Å². The van der Waals surface area contributed by atoms with Crippen molar-refractivity contribution in [2.45, 2.75) is 13.2 Å². The highest BCUT2D eigenvalue weighted by molar-refractivity contribution is 5.91. The molecule has 0 spiro atoms. The lowest BCUT2D eigenvalue weighted by Crippen LogP contribution is -2.24. The number of hydrogen-bond donors (Lipinski definition) is 1. The average Bonchev–Trinajstić information content (AvgIpc) is 2.67. The normalized spacial score (nSPS) is 10.3. The summed E-state index contributed by atoms with van der Waals surface area (Å²) >= 11 is 0. The molecule has 6 heteroatoms. The van der Waals surface area contributed by atoms with Crippen molar-refractivity contribution < 1.29 is 18.3 Å². The van der Waals surface area contributed by atoms with Gasteiger partial charge in [-0.3, -0.25) is 9.59 Å². The molecule has 26 heavy (non-hydrogen) atoms.